The van der Waals surface area contributed by atoms with E-state index in [0.29, 0.717) is 11.6 Å². The number of benzene rings is 1. The zero-order valence-electron chi connectivity index (χ0n) is 13.9. The number of nitrogens with zero attached hydrogens (tertiary/aromatic N) is 2. The molecule has 3 rings (SSSR count). The number of aromatic carboxylic acids is 1. The third kappa shape index (κ3) is 4.11. The lowest BCUT2D eigenvalue weighted by atomic mass is 10.1. The van der Waals surface area contributed by atoms with Crippen molar-refractivity contribution < 1.29 is 14.6 Å². The summed E-state index contributed by atoms with van der Waals surface area (Å²) in [5.41, 5.74) is 2.44. The molecule has 1 aromatic heterocycles. The van der Waals surface area contributed by atoms with Crippen molar-refractivity contribution in [1.82, 2.24) is 9.88 Å². The molecule has 2 aromatic rings. The zero-order chi connectivity index (χ0) is 16.9. The molecule has 126 valence electrons. The van der Waals surface area contributed by atoms with Gasteiger partial charge in [-0.25, -0.2) is 9.78 Å². The Labute approximate surface area is 141 Å². The number of carboxylic acids is 1. The Kier molecular flexibility index (Phi) is 5.11. The number of aromatic nitrogens is 1. The van der Waals surface area contributed by atoms with Crippen molar-refractivity contribution in [3.63, 3.8) is 0 Å². The summed E-state index contributed by atoms with van der Waals surface area (Å²) < 4.78 is 5.72. The van der Waals surface area contributed by atoms with Crippen molar-refractivity contribution in [1.29, 1.82) is 0 Å². The molecule has 0 bridgehead atoms. The normalized spacial score (nSPS) is 15.2. The van der Waals surface area contributed by atoms with Gasteiger partial charge in [0.05, 0.1) is 5.56 Å². The molecule has 1 aliphatic rings. The van der Waals surface area contributed by atoms with E-state index >= 15 is 0 Å². The summed E-state index contributed by atoms with van der Waals surface area (Å²) in [5.74, 6) is 0.159. The topological polar surface area (TPSA) is 62.7 Å². The van der Waals surface area contributed by atoms with E-state index in [0.717, 1.165) is 25.3 Å². The van der Waals surface area contributed by atoms with Gasteiger partial charge in [0.2, 0.25) is 5.88 Å². The standard InChI is InChI=1S/C19H22N2O3/c1-14-16(13-21-11-3-2-4-12-21)7-10-18(20-14)24-17-8-5-15(6-9-17)19(22)23/h5-10H,2-4,11-13H2,1H3,(H,22,23). The number of hydrogen-bond acceptors (Lipinski definition) is 4. The van der Waals surface area contributed by atoms with E-state index in [1.54, 1.807) is 12.1 Å². The fourth-order valence-electron chi connectivity index (χ4n) is 2.94. The summed E-state index contributed by atoms with van der Waals surface area (Å²) in [5, 5.41) is 8.91. The molecule has 1 aliphatic heterocycles. The first-order valence-corrected chi connectivity index (χ1v) is 8.32. The number of piperidine rings is 1. The Morgan fingerprint density at radius 2 is 1.83 bits per heavy atom. The summed E-state index contributed by atoms with van der Waals surface area (Å²) in [6.07, 6.45) is 3.89. The largest absolute Gasteiger partial charge is 0.478 e. The van der Waals surface area contributed by atoms with Crippen LogP contribution < -0.4 is 4.74 Å². The van der Waals surface area contributed by atoms with Gasteiger partial charge in [0, 0.05) is 18.3 Å². The van der Waals surface area contributed by atoms with Crippen LogP contribution >= 0.6 is 0 Å². The van der Waals surface area contributed by atoms with Crippen LogP contribution in [0.15, 0.2) is 36.4 Å². The highest BCUT2D eigenvalue weighted by atomic mass is 16.5. The number of carboxylic acid groups (broad SMARTS) is 1. The van der Waals surface area contributed by atoms with Crippen LogP contribution in [0.5, 0.6) is 11.6 Å². The van der Waals surface area contributed by atoms with E-state index in [1.165, 1.54) is 37.0 Å². The van der Waals surface area contributed by atoms with Gasteiger partial charge in [-0.05, 0) is 62.7 Å². The van der Waals surface area contributed by atoms with Gasteiger partial charge < -0.3 is 9.84 Å². The molecule has 5 nitrogen and oxygen atoms in total. The molecule has 0 amide bonds. The van der Waals surface area contributed by atoms with Gasteiger partial charge in [0.15, 0.2) is 0 Å². The second-order valence-electron chi connectivity index (χ2n) is 6.16. The van der Waals surface area contributed by atoms with Gasteiger partial charge in [0.25, 0.3) is 0 Å². The summed E-state index contributed by atoms with van der Waals surface area (Å²) in [6, 6.07) is 10.3. The van der Waals surface area contributed by atoms with Crippen LogP contribution in [0.2, 0.25) is 0 Å². The molecule has 1 saturated heterocycles. The fraction of sp³-hybridized carbons (Fsp3) is 0.368. The molecular weight excluding hydrogens is 304 g/mol. The van der Waals surface area contributed by atoms with Crippen LogP contribution in [-0.4, -0.2) is 34.0 Å². The Morgan fingerprint density at radius 3 is 2.46 bits per heavy atom. The first kappa shape index (κ1) is 16.5. The fourth-order valence-corrected chi connectivity index (χ4v) is 2.94. The van der Waals surface area contributed by atoms with E-state index in [2.05, 4.69) is 16.0 Å². The number of aryl methyl sites for hydroxylation is 1. The third-order valence-corrected chi connectivity index (χ3v) is 4.34. The summed E-state index contributed by atoms with van der Waals surface area (Å²) >= 11 is 0. The van der Waals surface area contributed by atoms with Gasteiger partial charge >= 0.3 is 5.97 Å². The average molecular weight is 326 g/mol. The first-order chi connectivity index (χ1) is 11.6. The second-order valence-corrected chi connectivity index (χ2v) is 6.16. The number of hydrogen-bond donors (Lipinski definition) is 1. The predicted molar refractivity (Wildman–Crippen MR) is 91.6 cm³/mol. The van der Waals surface area contributed by atoms with Crippen molar-refractivity contribution in [2.24, 2.45) is 0 Å². The van der Waals surface area contributed by atoms with Crippen molar-refractivity contribution in [2.75, 3.05) is 13.1 Å². The highest BCUT2D eigenvalue weighted by molar-refractivity contribution is 5.87. The van der Waals surface area contributed by atoms with Crippen LogP contribution in [0.1, 0.15) is 40.9 Å². The predicted octanol–water partition coefficient (Wildman–Crippen LogP) is 3.87. The molecular formula is C19H22N2O3. The molecule has 1 aromatic carbocycles. The maximum atomic E-state index is 10.9. The van der Waals surface area contributed by atoms with Gasteiger partial charge in [-0.1, -0.05) is 12.5 Å². The van der Waals surface area contributed by atoms with Crippen LogP contribution in [0.3, 0.4) is 0 Å². The minimum absolute atomic E-state index is 0.239. The van der Waals surface area contributed by atoms with Crippen molar-refractivity contribution in [3.8, 4) is 11.6 Å². The van der Waals surface area contributed by atoms with E-state index in [1.807, 2.05) is 13.0 Å². The smallest absolute Gasteiger partial charge is 0.335 e. The molecule has 0 aliphatic carbocycles. The molecule has 0 atom stereocenters. The lowest BCUT2D eigenvalue weighted by Gasteiger charge is -2.26. The molecule has 5 heteroatoms. The van der Waals surface area contributed by atoms with Gasteiger partial charge in [-0.2, -0.15) is 0 Å². The molecule has 0 radical (unpaired) electrons. The number of ether oxygens (including phenoxy) is 1. The van der Waals surface area contributed by atoms with Crippen molar-refractivity contribution in [2.45, 2.75) is 32.7 Å². The summed E-state index contributed by atoms with van der Waals surface area (Å²) in [6.45, 7) is 5.26. The van der Waals surface area contributed by atoms with Crippen molar-refractivity contribution >= 4 is 5.97 Å². The molecule has 0 saturated carbocycles. The SMILES string of the molecule is Cc1nc(Oc2ccc(C(=O)O)cc2)ccc1CN1CCCCC1. The second kappa shape index (κ2) is 7.45. The Hall–Kier alpha value is -2.40. The van der Waals surface area contributed by atoms with Gasteiger partial charge in [0.1, 0.15) is 5.75 Å². The third-order valence-electron chi connectivity index (χ3n) is 4.34. The van der Waals surface area contributed by atoms with Crippen LogP contribution in [-0.2, 0) is 6.54 Å². The molecule has 2 heterocycles. The van der Waals surface area contributed by atoms with Gasteiger partial charge in [-0.15, -0.1) is 0 Å². The number of carbonyl (C=O) groups is 1. The Morgan fingerprint density at radius 1 is 1.12 bits per heavy atom. The number of rotatable bonds is 5. The Balaban J connectivity index is 1.66. The maximum Gasteiger partial charge on any atom is 0.335 e. The monoisotopic (exact) mass is 326 g/mol. The van der Waals surface area contributed by atoms with Crippen LogP contribution in [0.4, 0.5) is 0 Å². The minimum Gasteiger partial charge on any atom is -0.478 e. The Bertz CT molecular complexity index is 707. The summed E-state index contributed by atoms with van der Waals surface area (Å²) in [4.78, 5) is 17.9. The molecule has 1 fully saturated rings. The minimum atomic E-state index is -0.947. The maximum absolute atomic E-state index is 10.9. The highest BCUT2D eigenvalue weighted by Gasteiger charge is 2.12. The van der Waals surface area contributed by atoms with Gasteiger partial charge in [-0.3, -0.25) is 4.90 Å². The highest BCUT2D eigenvalue weighted by Crippen LogP contribution is 2.22. The van der Waals surface area contributed by atoms with E-state index in [4.69, 9.17) is 9.84 Å². The lowest BCUT2D eigenvalue weighted by Crippen LogP contribution is -2.29. The summed E-state index contributed by atoms with van der Waals surface area (Å²) in [7, 11) is 0. The molecule has 1 N–H and O–H groups in total. The van der Waals surface area contributed by atoms with E-state index in [-0.39, 0.29) is 5.56 Å². The van der Waals surface area contributed by atoms with E-state index in [9.17, 15) is 4.79 Å². The quantitative estimate of drug-likeness (QED) is 0.904. The molecule has 0 spiro atoms. The molecule has 0 unspecified atom stereocenters. The van der Waals surface area contributed by atoms with Crippen molar-refractivity contribution in [3.05, 3.63) is 53.2 Å². The number of likely N-dealkylation sites (tertiary alicyclic amines) is 1. The van der Waals surface area contributed by atoms with Crippen LogP contribution in [0.25, 0.3) is 0 Å². The lowest BCUT2D eigenvalue weighted by molar-refractivity contribution is 0.0697. The molecule has 24 heavy (non-hydrogen) atoms. The number of pyridine rings is 1. The van der Waals surface area contributed by atoms with E-state index < -0.39 is 5.97 Å². The van der Waals surface area contributed by atoms with Crippen LogP contribution in [0, 0.1) is 6.92 Å². The first-order valence-electron chi connectivity index (χ1n) is 8.32. The average Bonchev–Trinajstić information content (AvgIpc) is 2.59. The zero-order valence-corrected chi connectivity index (χ0v) is 13.9.